The average Bonchev–Trinajstić information content (AvgIpc) is 3.17. The molecule has 0 bridgehead atoms. The Kier molecular flexibility index (Phi) is 8.24. The zero-order valence-electron chi connectivity index (χ0n) is 19.8. The molecule has 1 aliphatic rings. The van der Waals surface area contributed by atoms with Crippen LogP contribution in [0.5, 0.6) is 11.5 Å². The summed E-state index contributed by atoms with van der Waals surface area (Å²) in [5.41, 5.74) is 2.02. The number of aliphatic imine (C=N–C) groups is 1. The Morgan fingerprint density at radius 3 is 2.49 bits per heavy atom. The summed E-state index contributed by atoms with van der Waals surface area (Å²) in [6, 6.07) is 15.4. The van der Waals surface area contributed by atoms with Crippen molar-refractivity contribution in [3.05, 3.63) is 97.1 Å². The first kappa shape index (κ1) is 26.4. The third kappa shape index (κ3) is 6.17. The van der Waals surface area contributed by atoms with E-state index in [0.717, 1.165) is 5.56 Å². The van der Waals surface area contributed by atoms with Gasteiger partial charge in [-0.2, -0.15) is 0 Å². The van der Waals surface area contributed by atoms with E-state index in [1.807, 2.05) is 6.92 Å². The number of hydrogen-bond acceptors (Lipinski definition) is 7. The molecule has 0 atom stereocenters. The number of nitro benzene ring substituents is 1. The Morgan fingerprint density at radius 2 is 1.86 bits per heavy atom. The Morgan fingerprint density at radius 1 is 1.16 bits per heavy atom. The first-order valence-electron chi connectivity index (χ1n) is 11.1. The van der Waals surface area contributed by atoms with Crippen molar-refractivity contribution >= 4 is 56.2 Å². The number of methoxy groups -OCH3 is 1. The van der Waals surface area contributed by atoms with Crippen LogP contribution in [0.25, 0.3) is 6.08 Å². The molecular weight excluding hydrogens is 565 g/mol. The van der Waals surface area contributed by atoms with Gasteiger partial charge in [0, 0.05) is 18.7 Å². The molecule has 4 rings (SSSR count). The van der Waals surface area contributed by atoms with E-state index in [-0.39, 0.29) is 24.0 Å². The van der Waals surface area contributed by atoms with Crippen LogP contribution in [0.15, 0.2) is 75.0 Å². The number of thioether (sulfide) groups is 1. The Hall–Kier alpha value is -3.70. The quantitative estimate of drug-likeness (QED) is 0.166. The molecule has 1 heterocycles. The monoisotopic (exact) mass is 585 g/mol. The summed E-state index contributed by atoms with van der Waals surface area (Å²) in [5.74, 6) is 0.377. The van der Waals surface area contributed by atoms with Crippen molar-refractivity contribution in [2.45, 2.75) is 13.5 Å². The predicted octanol–water partition coefficient (Wildman–Crippen LogP) is 6.71. The fourth-order valence-corrected chi connectivity index (χ4v) is 5.12. The minimum atomic E-state index is -0.456. The van der Waals surface area contributed by atoms with Gasteiger partial charge in [0.05, 0.1) is 27.1 Å². The summed E-state index contributed by atoms with van der Waals surface area (Å²) in [7, 11) is 1.51. The number of carbonyl (C=O) groups is 1. The highest BCUT2D eigenvalue weighted by Gasteiger charge is 2.32. The van der Waals surface area contributed by atoms with Crippen LogP contribution in [0.1, 0.15) is 18.1 Å². The van der Waals surface area contributed by atoms with Gasteiger partial charge < -0.3 is 9.47 Å². The summed E-state index contributed by atoms with van der Waals surface area (Å²) in [5, 5.41) is 11.4. The lowest BCUT2D eigenvalue weighted by molar-refractivity contribution is -0.384. The van der Waals surface area contributed by atoms with Crippen molar-refractivity contribution in [2.24, 2.45) is 4.99 Å². The zero-order valence-corrected chi connectivity index (χ0v) is 22.2. The Bertz CT molecular complexity index is 1390. The van der Waals surface area contributed by atoms with Gasteiger partial charge in [0.2, 0.25) is 0 Å². The van der Waals surface area contributed by atoms with Crippen LogP contribution >= 0.6 is 27.7 Å². The summed E-state index contributed by atoms with van der Waals surface area (Å²) in [6.07, 6.45) is 1.75. The van der Waals surface area contributed by atoms with Gasteiger partial charge in [-0.1, -0.05) is 0 Å². The van der Waals surface area contributed by atoms with Crippen molar-refractivity contribution < 1.29 is 23.6 Å². The van der Waals surface area contributed by atoms with Gasteiger partial charge in [-0.15, -0.1) is 0 Å². The molecule has 1 saturated heterocycles. The number of nitrogens with zero attached hydrogens (tertiary/aromatic N) is 3. The molecule has 1 fully saturated rings. The second-order valence-electron chi connectivity index (χ2n) is 7.78. The highest BCUT2D eigenvalue weighted by Crippen LogP contribution is 2.40. The largest absolute Gasteiger partial charge is 0.493 e. The van der Waals surface area contributed by atoms with Crippen molar-refractivity contribution in [2.75, 3.05) is 13.7 Å². The summed E-state index contributed by atoms with van der Waals surface area (Å²) < 4.78 is 25.3. The molecule has 190 valence electrons. The maximum Gasteiger partial charge on any atom is 0.269 e. The highest BCUT2D eigenvalue weighted by atomic mass is 79.9. The molecule has 8 nitrogen and oxygen atoms in total. The number of amides is 1. The van der Waals surface area contributed by atoms with E-state index in [1.165, 1.54) is 43.1 Å². The molecule has 11 heteroatoms. The number of hydrogen-bond donors (Lipinski definition) is 0. The van der Waals surface area contributed by atoms with Gasteiger partial charge >= 0.3 is 0 Å². The molecule has 1 aliphatic heterocycles. The lowest BCUT2D eigenvalue weighted by Crippen LogP contribution is -2.28. The summed E-state index contributed by atoms with van der Waals surface area (Å²) >= 11 is 4.75. The average molecular weight is 586 g/mol. The normalized spacial score (nSPS) is 15.5. The molecular formula is C26H21BrFN3O5S. The minimum Gasteiger partial charge on any atom is -0.493 e. The van der Waals surface area contributed by atoms with Crippen molar-refractivity contribution in [3.8, 4) is 11.5 Å². The lowest BCUT2D eigenvalue weighted by Gasteiger charge is -2.14. The smallest absolute Gasteiger partial charge is 0.269 e. The molecule has 0 saturated carbocycles. The SMILES string of the molecule is CCN1C(=O)/C(=C\c2cc(Br)c(OCc3ccc([N+](=O)[O-])cc3)c(OC)c2)SC1=Nc1ccc(F)cc1. The highest BCUT2D eigenvalue weighted by molar-refractivity contribution is 9.10. The summed E-state index contributed by atoms with van der Waals surface area (Å²) in [4.78, 5) is 30.0. The van der Waals surface area contributed by atoms with Gasteiger partial charge in [0.1, 0.15) is 12.4 Å². The maximum absolute atomic E-state index is 13.2. The second-order valence-corrected chi connectivity index (χ2v) is 9.64. The van der Waals surface area contributed by atoms with Crippen molar-refractivity contribution in [3.63, 3.8) is 0 Å². The number of non-ortho nitro benzene ring substituents is 1. The molecule has 3 aromatic rings. The van der Waals surface area contributed by atoms with Crippen molar-refractivity contribution in [1.82, 2.24) is 4.90 Å². The molecule has 37 heavy (non-hydrogen) atoms. The van der Waals surface area contributed by atoms with Crippen LogP contribution in [-0.2, 0) is 11.4 Å². The minimum absolute atomic E-state index is 0.00624. The van der Waals surface area contributed by atoms with E-state index in [1.54, 1.807) is 47.4 Å². The Labute approximate surface area is 225 Å². The predicted molar refractivity (Wildman–Crippen MR) is 145 cm³/mol. The van der Waals surface area contributed by atoms with E-state index >= 15 is 0 Å². The number of ether oxygens (including phenoxy) is 2. The molecule has 0 N–H and O–H groups in total. The van der Waals surface area contributed by atoms with E-state index in [9.17, 15) is 19.3 Å². The van der Waals surface area contributed by atoms with Crippen LogP contribution in [0.4, 0.5) is 15.8 Å². The zero-order chi connectivity index (χ0) is 26.5. The van der Waals surface area contributed by atoms with Crippen LogP contribution in [0, 0.1) is 15.9 Å². The second kappa shape index (κ2) is 11.6. The molecule has 3 aromatic carbocycles. The van der Waals surface area contributed by atoms with Gasteiger partial charge in [-0.25, -0.2) is 9.38 Å². The summed E-state index contributed by atoms with van der Waals surface area (Å²) in [6.45, 7) is 2.47. The number of rotatable bonds is 8. The standard InChI is InChI=1S/C26H21BrFN3O5S/c1-3-30-25(32)23(37-26(30)29-19-8-6-18(28)7-9-19)14-17-12-21(27)24(22(13-17)35-2)36-15-16-4-10-20(11-5-16)31(33)34/h4-14H,3,15H2,1-2H3/b23-14+,29-26?. The van der Waals surface area contributed by atoms with Gasteiger partial charge in [0.25, 0.3) is 11.6 Å². The first-order chi connectivity index (χ1) is 17.8. The fraction of sp³-hybridized carbons (Fsp3) is 0.154. The number of halogens is 2. The number of carbonyl (C=O) groups excluding carboxylic acids is 1. The molecule has 0 spiro atoms. The van der Waals surface area contributed by atoms with E-state index in [2.05, 4.69) is 20.9 Å². The van der Waals surface area contributed by atoms with Crippen LogP contribution in [0.2, 0.25) is 0 Å². The number of likely N-dealkylation sites (N-methyl/N-ethyl adjacent to an activating group) is 1. The van der Waals surface area contributed by atoms with Gasteiger partial charge in [0.15, 0.2) is 16.7 Å². The molecule has 0 aromatic heterocycles. The van der Waals surface area contributed by atoms with E-state index in [0.29, 0.717) is 43.8 Å². The molecule has 0 radical (unpaired) electrons. The maximum atomic E-state index is 13.2. The molecule has 0 unspecified atom stereocenters. The van der Waals surface area contributed by atoms with E-state index in [4.69, 9.17) is 9.47 Å². The molecule has 0 aliphatic carbocycles. The van der Waals surface area contributed by atoms with Gasteiger partial charge in [-0.3, -0.25) is 19.8 Å². The topological polar surface area (TPSA) is 94.3 Å². The van der Waals surface area contributed by atoms with Crippen LogP contribution in [0.3, 0.4) is 0 Å². The van der Waals surface area contributed by atoms with Gasteiger partial charge in [-0.05, 0) is 100 Å². The molecule has 1 amide bonds. The van der Waals surface area contributed by atoms with E-state index < -0.39 is 4.92 Å². The third-order valence-corrected chi connectivity index (χ3v) is 6.93. The third-order valence-electron chi connectivity index (χ3n) is 5.34. The number of benzene rings is 3. The van der Waals surface area contributed by atoms with Crippen LogP contribution < -0.4 is 9.47 Å². The lowest BCUT2D eigenvalue weighted by atomic mass is 10.1. The first-order valence-corrected chi connectivity index (χ1v) is 12.7. The number of amidine groups is 1. The Balaban J connectivity index is 1.56. The van der Waals surface area contributed by atoms with Crippen molar-refractivity contribution in [1.29, 1.82) is 0 Å². The van der Waals surface area contributed by atoms with Crippen LogP contribution in [-0.4, -0.2) is 34.6 Å². The fourth-order valence-electron chi connectivity index (χ4n) is 3.48. The number of nitro groups is 1.